The lowest BCUT2D eigenvalue weighted by molar-refractivity contribution is 0.233. The van der Waals surface area contributed by atoms with Crippen molar-refractivity contribution in [2.75, 3.05) is 26.7 Å². The van der Waals surface area contributed by atoms with Crippen molar-refractivity contribution in [3.63, 3.8) is 0 Å². The van der Waals surface area contributed by atoms with Crippen molar-refractivity contribution >= 4 is 11.6 Å². The lowest BCUT2D eigenvalue weighted by atomic mass is 10.1. The monoisotopic (exact) mass is 369 g/mol. The molecule has 2 aromatic rings. The first-order chi connectivity index (χ1) is 12.7. The molecule has 0 unspecified atom stereocenters. The summed E-state index contributed by atoms with van der Waals surface area (Å²) in [5, 5.41) is 3.09. The van der Waals surface area contributed by atoms with E-state index in [1.807, 2.05) is 24.3 Å². The Balaban J connectivity index is 1.34. The van der Waals surface area contributed by atoms with E-state index in [1.165, 1.54) is 16.8 Å². The average Bonchev–Trinajstić information content (AvgIpc) is 3.05. The molecule has 2 aliphatic rings. The smallest absolute Gasteiger partial charge is 0.119 e. The highest BCUT2D eigenvalue weighted by Gasteiger charge is 2.27. The number of halogens is 1. The fourth-order valence-corrected chi connectivity index (χ4v) is 3.80. The van der Waals surface area contributed by atoms with E-state index in [1.54, 1.807) is 12.7 Å². The lowest BCUT2D eigenvalue weighted by Gasteiger charge is -2.27. The molecule has 0 atom stereocenters. The van der Waals surface area contributed by atoms with Gasteiger partial charge in [-0.15, -0.1) is 0 Å². The van der Waals surface area contributed by atoms with Crippen molar-refractivity contribution in [2.24, 2.45) is 0 Å². The van der Waals surface area contributed by atoms with Crippen LogP contribution in [0.3, 0.4) is 0 Å². The van der Waals surface area contributed by atoms with Crippen molar-refractivity contribution in [1.82, 2.24) is 15.3 Å². The predicted molar refractivity (Wildman–Crippen MR) is 105 cm³/mol. The summed E-state index contributed by atoms with van der Waals surface area (Å²) in [5.74, 6) is 0.911. The van der Waals surface area contributed by atoms with E-state index in [2.05, 4.69) is 39.6 Å². The molecule has 4 nitrogen and oxygen atoms in total. The van der Waals surface area contributed by atoms with Crippen LogP contribution in [0, 0.1) is 0 Å². The number of methoxy groups -OCH3 is 1. The minimum absolute atomic E-state index is 0.794. The van der Waals surface area contributed by atoms with Gasteiger partial charge in [0.05, 0.1) is 7.11 Å². The third kappa shape index (κ3) is 4.04. The normalized spacial score (nSPS) is 17.9. The van der Waals surface area contributed by atoms with Gasteiger partial charge in [0.25, 0.3) is 0 Å². The molecular weight excluding hydrogens is 346 g/mol. The van der Waals surface area contributed by atoms with Gasteiger partial charge in [-0.25, -0.2) is 5.01 Å². The van der Waals surface area contributed by atoms with Crippen LogP contribution < -0.4 is 10.2 Å². The highest BCUT2D eigenvalue weighted by Crippen LogP contribution is 2.25. The number of nitrogens with zero attached hydrogens (tertiary/aromatic N) is 2. The van der Waals surface area contributed by atoms with Crippen LogP contribution in [0.5, 0.6) is 5.75 Å². The first-order valence-corrected chi connectivity index (χ1v) is 9.39. The number of nitrogens with one attached hydrogen (secondary N) is 1. The fraction of sp³-hybridized carbons (Fsp3) is 0.333. The molecule has 26 heavy (non-hydrogen) atoms. The van der Waals surface area contributed by atoms with Gasteiger partial charge in [-0.1, -0.05) is 35.9 Å². The Labute approximate surface area is 160 Å². The zero-order valence-electron chi connectivity index (χ0n) is 15.0. The molecule has 0 saturated heterocycles. The maximum absolute atomic E-state index is 5.98. The van der Waals surface area contributed by atoms with Crippen LogP contribution in [0.4, 0.5) is 0 Å². The van der Waals surface area contributed by atoms with E-state index >= 15 is 0 Å². The second-order valence-corrected chi connectivity index (χ2v) is 7.43. The molecule has 0 aliphatic carbocycles. The van der Waals surface area contributed by atoms with Gasteiger partial charge in [-0.2, -0.15) is 0 Å². The molecule has 5 heteroatoms. The molecule has 4 rings (SSSR count). The van der Waals surface area contributed by atoms with Crippen LogP contribution in [0.15, 0.2) is 59.8 Å². The Kier molecular flexibility index (Phi) is 5.16. The van der Waals surface area contributed by atoms with Crippen LogP contribution in [0.1, 0.15) is 17.5 Å². The van der Waals surface area contributed by atoms with Gasteiger partial charge in [0, 0.05) is 43.4 Å². The first-order valence-electron chi connectivity index (χ1n) is 9.02. The van der Waals surface area contributed by atoms with Gasteiger partial charge in [0.15, 0.2) is 0 Å². The van der Waals surface area contributed by atoms with E-state index in [0.717, 1.165) is 49.9 Å². The number of hydrogen-bond donors (Lipinski definition) is 1. The number of hydrazine groups is 1. The molecule has 2 aliphatic heterocycles. The maximum atomic E-state index is 5.98. The largest absolute Gasteiger partial charge is 0.497 e. The summed E-state index contributed by atoms with van der Waals surface area (Å²) in [6.07, 6.45) is 1.13. The predicted octanol–water partition coefficient (Wildman–Crippen LogP) is 3.83. The number of rotatable bonds is 5. The summed E-state index contributed by atoms with van der Waals surface area (Å²) in [4.78, 5) is 2.49. The fourth-order valence-electron chi connectivity index (χ4n) is 3.68. The quantitative estimate of drug-likeness (QED) is 0.866. The molecule has 0 amide bonds. The van der Waals surface area contributed by atoms with Gasteiger partial charge in [0.1, 0.15) is 5.75 Å². The van der Waals surface area contributed by atoms with E-state index in [-0.39, 0.29) is 0 Å². The van der Waals surface area contributed by atoms with Crippen LogP contribution in [0.2, 0.25) is 5.02 Å². The molecule has 1 N–H and O–H groups in total. The Hall–Kier alpha value is -2.01. The third-order valence-corrected chi connectivity index (χ3v) is 5.29. The van der Waals surface area contributed by atoms with Gasteiger partial charge < -0.3 is 10.2 Å². The summed E-state index contributed by atoms with van der Waals surface area (Å²) in [6, 6.07) is 16.4. The number of ether oxygens (including phenoxy) is 1. The second-order valence-electron chi connectivity index (χ2n) is 6.99. The molecule has 0 radical (unpaired) electrons. The van der Waals surface area contributed by atoms with Crippen molar-refractivity contribution in [3.8, 4) is 5.75 Å². The first kappa shape index (κ1) is 17.4. The van der Waals surface area contributed by atoms with Crippen molar-refractivity contribution in [3.05, 3.63) is 76.0 Å². The minimum Gasteiger partial charge on any atom is -0.497 e. The number of hydrogen-bond acceptors (Lipinski definition) is 4. The second kappa shape index (κ2) is 7.70. The average molecular weight is 370 g/mol. The Bertz CT molecular complexity index is 803. The third-order valence-electron chi connectivity index (χ3n) is 5.04. The molecule has 0 bridgehead atoms. The zero-order chi connectivity index (χ0) is 17.9. The highest BCUT2D eigenvalue weighted by molar-refractivity contribution is 6.30. The summed E-state index contributed by atoms with van der Waals surface area (Å²) in [7, 11) is 1.71. The van der Waals surface area contributed by atoms with E-state index in [0.29, 0.717) is 0 Å². The SMILES string of the molecule is COc1cccc(CN2CC3=C(CN(Cc4ccc(Cl)cc4)CC3)N2)c1. The summed E-state index contributed by atoms with van der Waals surface area (Å²) >= 11 is 5.98. The molecule has 0 spiro atoms. The molecule has 0 fully saturated rings. The maximum Gasteiger partial charge on any atom is 0.119 e. The van der Waals surface area contributed by atoms with E-state index < -0.39 is 0 Å². The highest BCUT2D eigenvalue weighted by atomic mass is 35.5. The van der Waals surface area contributed by atoms with E-state index in [9.17, 15) is 0 Å². The summed E-state index contributed by atoms with van der Waals surface area (Å²) < 4.78 is 5.33. The van der Waals surface area contributed by atoms with Crippen LogP contribution in [0.25, 0.3) is 0 Å². The Morgan fingerprint density at radius 2 is 1.88 bits per heavy atom. The molecule has 2 aromatic carbocycles. The topological polar surface area (TPSA) is 27.7 Å². The van der Waals surface area contributed by atoms with Gasteiger partial charge in [-0.3, -0.25) is 4.90 Å². The molecule has 2 heterocycles. The zero-order valence-corrected chi connectivity index (χ0v) is 15.8. The number of benzene rings is 2. The van der Waals surface area contributed by atoms with Crippen LogP contribution in [-0.2, 0) is 13.1 Å². The van der Waals surface area contributed by atoms with Crippen LogP contribution >= 0.6 is 11.6 Å². The van der Waals surface area contributed by atoms with Gasteiger partial charge in [0.2, 0.25) is 0 Å². The van der Waals surface area contributed by atoms with Gasteiger partial charge >= 0.3 is 0 Å². The van der Waals surface area contributed by atoms with Crippen molar-refractivity contribution in [2.45, 2.75) is 19.5 Å². The lowest BCUT2D eigenvalue weighted by Crippen LogP contribution is -2.36. The standard InChI is InChI=1S/C21H24ClN3O/c1-26-20-4-2-3-17(11-20)13-25-14-18-9-10-24(15-21(18)23-25)12-16-5-7-19(22)8-6-16/h2-8,11,23H,9-10,12-15H2,1H3. The Morgan fingerprint density at radius 1 is 1.04 bits per heavy atom. The van der Waals surface area contributed by atoms with Crippen molar-refractivity contribution < 1.29 is 4.74 Å². The molecule has 136 valence electrons. The van der Waals surface area contributed by atoms with Crippen LogP contribution in [-0.4, -0.2) is 36.7 Å². The summed E-state index contributed by atoms with van der Waals surface area (Å²) in [5.41, 5.74) is 9.09. The Morgan fingerprint density at radius 3 is 2.69 bits per heavy atom. The molecule has 0 saturated carbocycles. The van der Waals surface area contributed by atoms with E-state index in [4.69, 9.17) is 16.3 Å². The van der Waals surface area contributed by atoms with Crippen molar-refractivity contribution in [1.29, 1.82) is 0 Å². The minimum atomic E-state index is 0.794. The summed E-state index contributed by atoms with van der Waals surface area (Å²) in [6.45, 7) is 4.93. The van der Waals surface area contributed by atoms with Gasteiger partial charge in [-0.05, 0) is 47.4 Å². The molecular formula is C21H24ClN3O. The molecule has 0 aromatic heterocycles.